The van der Waals surface area contributed by atoms with E-state index in [-0.39, 0.29) is 31.1 Å². The number of carbonyl (C=O) groups is 2. The lowest BCUT2D eigenvalue weighted by molar-refractivity contribution is -0.144. The lowest BCUT2D eigenvalue weighted by atomic mass is 10.00. The Balaban J connectivity index is 1.89. The molecule has 1 aromatic rings. The van der Waals surface area contributed by atoms with E-state index in [9.17, 15) is 9.59 Å². The minimum atomic E-state index is -0.349. The molecule has 1 aromatic carbocycles. The van der Waals surface area contributed by atoms with Crippen LogP contribution in [0.5, 0.6) is 0 Å². The first-order chi connectivity index (χ1) is 10.7. The van der Waals surface area contributed by atoms with Crippen molar-refractivity contribution in [1.82, 2.24) is 4.90 Å². The van der Waals surface area contributed by atoms with Gasteiger partial charge in [-0.2, -0.15) is 0 Å². The molecular formula is C17H23NO4. The molecule has 1 saturated heterocycles. The molecule has 1 amide bonds. The third-order valence-corrected chi connectivity index (χ3v) is 3.77. The van der Waals surface area contributed by atoms with Crippen molar-refractivity contribution in [2.45, 2.75) is 45.3 Å². The number of esters is 1. The topological polar surface area (TPSA) is 55.8 Å². The van der Waals surface area contributed by atoms with Crippen molar-refractivity contribution < 1.29 is 19.1 Å². The van der Waals surface area contributed by atoms with E-state index in [1.165, 1.54) is 0 Å². The van der Waals surface area contributed by atoms with Gasteiger partial charge in [0.25, 0.3) is 0 Å². The molecule has 5 heteroatoms. The maximum atomic E-state index is 12.3. The summed E-state index contributed by atoms with van der Waals surface area (Å²) in [6, 6.07) is 9.46. The van der Waals surface area contributed by atoms with Crippen LogP contribution >= 0.6 is 0 Å². The molecule has 120 valence electrons. The van der Waals surface area contributed by atoms with Gasteiger partial charge in [0, 0.05) is 12.6 Å². The van der Waals surface area contributed by atoms with Crippen molar-refractivity contribution in [2.24, 2.45) is 0 Å². The molecule has 0 radical (unpaired) electrons. The number of rotatable bonds is 5. The van der Waals surface area contributed by atoms with Crippen LogP contribution in [0, 0.1) is 0 Å². The maximum Gasteiger partial charge on any atom is 0.410 e. The highest BCUT2D eigenvalue weighted by Crippen LogP contribution is 2.21. The van der Waals surface area contributed by atoms with E-state index < -0.39 is 0 Å². The van der Waals surface area contributed by atoms with Crippen molar-refractivity contribution in [3.05, 3.63) is 35.9 Å². The van der Waals surface area contributed by atoms with Crippen molar-refractivity contribution in [1.29, 1.82) is 0 Å². The quantitative estimate of drug-likeness (QED) is 0.784. The van der Waals surface area contributed by atoms with E-state index in [1.807, 2.05) is 30.3 Å². The second kappa shape index (κ2) is 8.41. The highest BCUT2D eigenvalue weighted by molar-refractivity contribution is 5.73. The SMILES string of the molecule is CCOC(=O)CC1CCCCN1C(=O)OCc1ccccc1. The first-order valence-electron chi connectivity index (χ1n) is 7.83. The van der Waals surface area contributed by atoms with Gasteiger partial charge >= 0.3 is 12.1 Å². The number of benzene rings is 1. The average molecular weight is 305 g/mol. The van der Waals surface area contributed by atoms with E-state index in [1.54, 1.807) is 11.8 Å². The van der Waals surface area contributed by atoms with Crippen LogP contribution in [0.2, 0.25) is 0 Å². The van der Waals surface area contributed by atoms with E-state index in [0.717, 1.165) is 24.8 Å². The van der Waals surface area contributed by atoms with Crippen LogP contribution in [0.25, 0.3) is 0 Å². The van der Waals surface area contributed by atoms with Gasteiger partial charge in [-0.05, 0) is 31.7 Å². The predicted octanol–water partition coefficient (Wildman–Crippen LogP) is 3.13. The first kappa shape index (κ1) is 16.3. The minimum absolute atomic E-state index is 0.115. The Morgan fingerprint density at radius 3 is 2.68 bits per heavy atom. The van der Waals surface area contributed by atoms with Gasteiger partial charge in [-0.1, -0.05) is 30.3 Å². The van der Waals surface area contributed by atoms with E-state index in [4.69, 9.17) is 9.47 Å². The Hall–Kier alpha value is -2.04. The largest absolute Gasteiger partial charge is 0.466 e. The summed E-state index contributed by atoms with van der Waals surface area (Å²) in [6.07, 6.45) is 2.68. The number of ether oxygens (including phenoxy) is 2. The highest BCUT2D eigenvalue weighted by Gasteiger charge is 2.29. The molecule has 0 saturated carbocycles. The van der Waals surface area contributed by atoms with Gasteiger partial charge in [-0.15, -0.1) is 0 Å². The molecule has 1 fully saturated rings. The Morgan fingerprint density at radius 2 is 1.95 bits per heavy atom. The lowest BCUT2D eigenvalue weighted by Gasteiger charge is -2.34. The zero-order valence-corrected chi connectivity index (χ0v) is 13.0. The molecule has 1 aliphatic heterocycles. The minimum Gasteiger partial charge on any atom is -0.466 e. The number of likely N-dealkylation sites (tertiary alicyclic amines) is 1. The summed E-state index contributed by atoms with van der Waals surface area (Å²) < 4.78 is 10.4. The molecule has 0 spiro atoms. The Kier molecular flexibility index (Phi) is 6.25. The average Bonchev–Trinajstić information content (AvgIpc) is 2.54. The summed E-state index contributed by atoms with van der Waals surface area (Å²) in [5.74, 6) is -0.254. The number of piperidine rings is 1. The molecule has 0 aliphatic carbocycles. The van der Waals surface area contributed by atoms with Crippen molar-refractivity contribution in [2.75, 3.05) is 13.2 Å². The maximum absolute atomic E-state index is 12.3. The molecule has 2 rings (SSSR count). The fourth-order valence-electron chi connectivity index (χ4n) is 2.67. The fraction of sp³-hybridized carbons (Fsp3) is 0.529. The van der Waals surface area contributed by atoms with Crippen LogP contribution in [0.3, 0.4) is 0 Å². The van der Waals surface area contributed by atoms with Gasteiger partial charge in [0.2, 0.25) is 0 Å². The van der Waals surface area contributed by atoms with Crippen molar-refractivity contribution in [3.8, 4) is 0 Å². The smallest absolute Gasteiger partial charge is 0.410 e. The number of amides is 1. The van der Waals surface area contributed by atoms with Gasteiger partial charge in [-0.25, -0.2) is 4.79 Å². The number of nitrogens with zero attached hydrogens (tertiary/aromatic N) is 1. The number of hydrogen-bond donors (Lipinski definition) is 0. The van der Waals surface area contributed by atoms with Gasteiger partial charge in [0.1, 0.15) is 6.61 Å². The number of carbonyl (C=O) groups excluding carboxylic acids is 2. The Morgan fingerprint density at radius 1 is 1.18 bits per heavy atom. The van der Waals surface area contributed by atoms with E-state index in [0.29, 0.717) is 13.2 Å². The summed E-state index contributed by atoms with van der Waals surface area (Å²) in [4.78, 5) is 25.6. The van der Waals surface area contributed by atoms with Crippen LogP contribution < -0.4 is 0 Å². The molecule has 0 bridgehead atoms. The third kappa shape index (κ3) is 4.76. The summed E-state index contributed by atoms with van der Waals surface area (Å²) in [7, 11) is 0. The van der Waals surface area contributed by atoms with Gasteiger partial charge in [-0.3, -0.25) is 4.79 Å². The fourth-order valence-corrected chi connectivity index (χ4v) is 2.67. The summed E-state index contributed by atoms with van der Waals surface area (Å²) in [5.41, 5.74) is 0.954. The molecule has 0 N–H and O–H groups in total. The monoisotopic (exact) mass is 305 g/mol. The van der Waals surface area contributed by atoms with Crippen LogP contribution in [0.1, 0.15) is 38.2 Å². The molecule has 5 nitrogen and oxygen atoms in total. The van der Waals surface area contributed by atoms with Gasteiger partial charge < -0.3 is 14.4 Å². The van der Waals surface area contributed by atoms with E-state index in [2.05, 4.69) is 0 Å². The first-order valence-corrected chi connectivity index (χ1v) is 7.83. The van der Waals surface area contributed by atoms with Crippen LogP contribution in [-0.2, 0) is 20.9 Å². The lowest BCUT2D eigenvalue weighted by Crippen LogP contribution is -2.45. The Bertz CT molecular complexity index is 489. The van der Waals surface area contributed by atoms with Crippen LogP contribution in [0.15, 0.2) is 30.3 Å². The highest BCUT2D eigenvalue weighted by atomic mass is 16.6. The van der Waals surface area contributed by atoms with Gasteiger partial charge in [0.05, 0.1) is 13.0 Å². The standard InChI is InChI=1S/C17H23NO4/c1-2-21-16(19)12-15-10-6-7-11-18(15)17(20)22-13-14-8-4-3-5-9-14/h3-5,8-9,15H,2,6-7,10-13H2,1H3. The molecule has 0 aromatic heterocycles. The second-order valence-electron chi connectivity index (χ2n) is 5.39. The van der Waals surface area contributed by atoms with Crippen LogP contribution in [0.4, 0.5) is 4.79 Å². The zero-order chi connectivity index (χ0) is 15.8. The van der Waals surface area contributed by atoms with Gasteiger partial charge in [0.15, 0.2) is 0 Å². The summed E-state index contributed by atoms with van der Waals surface area (Å²) in [5, 5.41) is 0. The normalized spacial score (nSPS) is 17.9. The molecule has 1 heterocycles. The Labute approximate surface area is 131 Å². The second-order valence-corrected chi connectivity index (χ2v) is 5.39. The summed E-state index contributed by atoms with van der Waals surface area (Å²) >= 11 is 0. The molecule has 1 aliphatic rings. The summed E-state index contributed by atoms with van der Waals surface area (Å²) in [6.45, 7) is 3.04. The molecule has 1 atom stereocenters. The molecular weight excluding hydrogens is 282 g/mol. The third-order valence-electron chi connectivity index (χ3n) is 3.77. The molecule has 1 unspecified atom stereocenters. The molecule has 22 heavy (non-hydrogen) atoms. The van der Waals surface area contributed by atoms with Crippen LogP contribution in [-0.4, -0.2) is 36.2 Å². The number of hydrogen-bond acceptors (Lipinski definition) is 4. The predicted molar refractivity (Wildman–Crippen MR) is 82.2 cm³/mol. The zero-order valence-electron chi connectivity index (χ0n) is 13.0. The van der Waals surface area contributed by atoms with Crippen molar-refractivity contribution >= 4 is 12.1 Å². The van der Waals surface area contributed by atoms with E-state index >= 15 is 0 Å². The van der Waals surface area contributed by atoms with Crippen molar-refractivity contribution in [3.63, 3.8) is 0 Å².